The first-order valence-corrected chi connectivity index (χ1v) is 18.6. The molecule has 1 heterocycles. The van der Waals surface area contributed by atoms with Gasteiger partial charge in [0.1, 0.15) is 23.1 Å². The summed E-state index contributed by atoms with van der Waals surface area (Å²) in [5.74, 6) is 4.35. The number of rotatable bonds is 10. The number of carbonyl (C=O) groups is 4. The van der Waals surface area contributed by atoms with E-state index in [-0.39, 0.29) is 29.7 Å². The molecule has 3 aliphatic carbocycles. The van der Waals surface area contributed by atoms with Gasteiger partial charge in [-0.2, -0.15) is 0 Å². The van der Waals surface area contributed by atoms with Gasteiger partial charge in [-0.3, -0.25) is 9.59 Å². The molecule has 300 valence electrons. The standard InChI is InChI=1S/2C10H19NO.2C9H17NO.4CH4/c1-8(12)10-5-3-9(4-6-10)7-11-2;1-8(12)7-9-3-5-10(11-2)6-4-9;1-8(11)7-9-3-5-10(2)6-4-9;1-7(11)8-3-5-9(10-2)6-4-8;;;;/h2*9-11H,3-7H2,1-2H3;9H,3-7H2,1-2H3;8-10H,3-6H2,1-2H3;4*1H4. The van der Waals surface area contributed by atoms with E-state index >= 15 is 0 Å². The summed E-state index contributed by atoms with van der Waals surface area (Å²) in [7, 11) is 8.16. The molecule has 0 unspecified atom stereocenters. The third-order valence-electron chi connectivity index (χ3n) is 10.9. The lowest BCUT2D eigenvalue weighted by Crippen LogP contribution is -2.31. The smallest absolute Gasteiger partial charge is 0.132 e. The number of nitrogens with zero attached hydrogens (tertiary/aromatic N) is 1. The van der Waals surface area contributed by atoms with E-state index in [1.54, 1.807) is 27.7 Å². The fourth-order valence-electron chi connectivity index (χ4n) is 7.58. The van der Waals surface area contributed by atoms with Gasteiger partial charge in [0.25, 0.3) is 0 Å². The number of likely N-dealkylation sites (tertiary alicyclic amines) is 1. The predicted octanol–water partition coefficient (Wildman–Crippen LogP) is 8.55. The Labute approximate surface area is 312 Å². The number of piperidine rings is 1. The van der Waals surface area contributed by atoms with Gasteiger partial charge in [0.15, 0.2) is 0 Å². The Hall–Kier alpha value is -1.48. The topological polar surface area (TPSA) is 108 Å². The Kier molecular flexibility index (Phi) is 35.6. The highest BCUT2D eigenvalue weighted by Crippen LogP contribution is 2.29. The lowest BCUT2D eigenvalue weighted by atomic mass is 9.80. The van der Waals surface area contributed by atoms with E-state index in [4.69, 9.17) is 0 Å². The van der Waals surface area contributed by atoms with Crippen LogP contribution in [0.25, 0.3) is 0 Å². The highest BCUT2D eigenvalue weighted by molar-refractivity contribution is 5.78. The fraction of sp³-hybridized carbons (Fsp3) is 0.905. The first-order chi connectivity index (χ1) is 21.9. The molecule has 1 saturated heterocycles. The zero-order chi connectivity index (χ0) is 34.5. The van der Waals surface area contributed by atoms with Gasteiger partial charge < -0.3 is 30.4 Å². The normalized spacial score (nSPS) is 26.3. The fourth-order valence-corrected chi connectivity index (χ4v) is 7.58. The average Bonchev–Trinajstić information content (AvgIpc) is 3.03. The van der Waals surface area contributed by atoms with Crippen LogP contribution in [-0.2, 0) is 19.2 Å². The van der Waals surface area contributed by atoms with Gasteiger partial charge in [0.2, 0.25) is 0 Å². The molecular weight excluding hydrogens is 624 g/mol. The molecule has 0 spiro atoms. The monoisotopic (exact) mass is 713 g/mol. The molecule has 4 aliphatic rings. The summed E-state index contributed by atoms with van der Waals surface area (Å²) in [5.41, 5.74) is 0. The lowest BCUT2D eigenvalue weighted by Gasteiger charge is -2.28. The van der Waals surface area contributed by atoms with Gasteiger partial charge in [0, 0.05) is 36.8 Å². The van der Waals surface area contributed by atoms with Crippen LogP contribution in [-0.4, -0.2) is 87.9 Å². The summed E-state index contributed by atoms with van der Waals surface area (Å²) in [4.78, 5) is 46.0. The van der Waals surface area contributed by atoms with Gasteiger partial charge in [-0.25, -0.2) is 0 Å². The maximum absolute atomic E-state index is 11.0. The van der Waals surface area contributed by atoms with Crippen LogP contribution in [0.15, 0.2) is 0 Å². The molecule has 0 aromatic carbocycles. The summed E-state index contributed by atoms with van der Waals surface area (Å²) in [6.07, 6.45) is 18.1. The minimum absolute atomic E-state index is 0. The van der Waals surface area contributed by atoms with E-state index in [2.05, 4.69) is 27.9 Å². The van der Waals surface area contributed by atoms with Crippen molar-refractivity contribution in [3.8, 4) is 0 Å². The van der Waals surface area contributed by atoms with Crippen LogP contribution in [0.2, 0.25) is 0 Å². The van der Waals surface area contributed by atoms with Crippen molar-refractivity contribution < 1.29 is 19.2 Å². The Bertz CT molecular complexity index is 850. The van der Waals surface area contributed by atoms with Gasteiger partial charge in [0.05, 0.1) is 0 Å². The Morgan fingerprint density at radius 1 is 0.500 bits per heavy atom. The van der Waals surface area contributed by atoms with Gasteiger partial charge in [-0.1, -0.05) is 29.7 Å². The zero-order valence-electron chi connectivity index (χ0n) is 31.1. The number of hydrogen-bond acceptors (Lipinski definition) is 8. The maximum atomic E-state index is 11.0. The molecule has 4 fully saturated rings. The minimum Gasteiger partial charge on any atom is -0.319 e. The van der Waals surface area contributed by atoms with Crippen molar-refractivity contribution in [1.29, 1.82) is 0 Å². The van der Waals surface area contributed by atoms with Crippen molar-refractivity contribution in [2.24, 2.45) is 29.6 Å². The molecule has 8 nitrogen and oxygen atoms in total. The van der Waals surface area contributed by atoms with E-state index in [0.29, 0.717) is 58.9 Å². The van der Waals surface area contributed by atoms with Crippen LogP contribution in [0, 0.1) is 29.6 Å². The Morgan fingerprint density at radius 2 is 0.820 bits per heavy atom. The van der Waals surface area contributed by atoms with Crippen molar-refractivity contribution in [2.45, 2.75) is 172 Å². The minimum atomic E-state index is 0. The Balaban J connectivity index is -0.000000275. The summed E-state index contributed by atoms with van der Waals surface area (Å²) in [5, 5.41) is 9.74. The molecule has 3 saturated carbocycles. The van der Waals surface area contributed by atoms with E-state index in [1.807, 2.05) is 21.1 Å². The SMILES string of the molecule is C.C.C.C.CC(=O)CC1CCN(C)CC1.CNC1CCC(C(C)=O)CC1.CNC1CCC(CC(C)=O)CC1.CNCC1CCC(C(C)=O)CC1. The molecular formula is C42H88N4O4. The van der Waals surface area contributed by atoms with Crippen LogP contribution < -0.4 is 16.0 Å². The molecule has 0 aromatic heterocycles. The molecule has 0 atom stereocenters. The predicted molar refractivity (Wildman–Crippen MR) is 218 cm³/mol. The first-order valence-electron chi connectivity index (χ1n) is 18.6. The summed E-state index contributed by atoms with van der Waals surface area (Å²) >= 11 is 0. The van der Waals surface area contributed by atoms with Crippen molar-refractivity contribution >= 4 is 23.1 Å². The molecule has 0 aromatic rings. The second-order valence-electron chi connectivity index (χ2n) is 14.9. The molecule has 4 rings (SSSR count). The summed E-state index contributed by atoms with van der Waals surface area (Å²) in [6.45, 7) is 10.3. The zero-order valence-corrected chi connectivity index (χ0v) is 31.1. The number of hydrogen-bond donors (Lipinski definition) is 3. The van der Waals surface area contributed by atoms with Crippen molar-refractivity contribution in [2.75, 3.05) is 47.8 Å². The Morgan fingerprint density at radius 3 is 1.14 bits per heavy atom. The third kappa shape index (κ3) is 25.5. The number of ketones is 4. The van der Waals surface area contributed by atoms with Crippen LogP contribution >= 0.6 is 0 Å². The molecule has 50 heavy (non-hydrogen) atoms. The largest absolute Gasteiger partial charge is 0.319 e. The summed E-state index contributed by atoms with van der Waals surface area (Å²) < 4.78 is 0. The molecule has 0 amide bonds. The van der Waals surface area contributed by atoms with Crippen LogP contribution in [0.3, 0.4) is 0 Å². The van der Waals surface area contributed by atoms with Crippen LogP contribution in [0.4, 0.5) is 0 Å². The first kappa shape index (κ1) is 55.3. The summed E-state index contributed by atoms with van der Waals surface area (Å²) in [6, 6.07) is 1.36. The number of nitrogens with one attached hydrogen (secondary N) is 3. The maximum Gasteiger partial charge on any atom is 0.132 e. The molecule has 8 heteroatoms. The van der Waals surface area contributed by atoms with Crippen molar-refractivity contribution in [3.63, 3.8) is 0 Å². The second-order valence-corrected chi connectivity index (χ2v) is 14.9. The van der Waals surface area contributed by atoms with E-state index in [9.17, 15) is 19.2 Å². The van der Waals surface area contributed by atoms with Gasteiger partial charge >= 0.3 is 0 Å². The highest BCUT2D eigenvalue weighted by Gasteiger charge is 2.24. The third-order valence-corrected chi connectivity index (χ3v) is 10.9. The van der Waals surface area contributed by atoms with E-state index in [1.165, 1.54) is 64.2 Å². The van der Waals surface area contributed by atoms with Crippen LogP contribution in [0.1, 0.15) is 160 Å². The van der Waals surface area contributed by atoms with Gasteiger partial charge in [-0.15, -0.1) is 0 Å². The van der Waals surface area contributed by atoms with Crippen molar-refractivity contribution in [3.05, 3.63) is 0 Å². The number of Topliss-reactive ketones (excluding diaryl/α,β-unsaturated/α-hetero) is 4. The van der Waals surface area contributed by atoms with E-state index < -0.39 is 0 Å². The molecule has 0 radical (unpaired) electrons. The van der Waals surface area contributed by atoms with Gasteiger partial charge in [-0.05, 0) is 183 Å². The molecule has 0 bridgehead atoms. The molecule has 1 aliphatic heterocycles. The lowest BCUT2D eigenvalue weighted by molar-refractivity contribution is -0.122. The van der Waals surface area contributed by atoms with Crippen molar-refractivity contribution in [1.82, 2.24) is 20.9 Å². The molecule has 3 N–H and O–H groups in total. The van der Waals surface area contributed by atoms with E-state index in [0.717, 1.165) is 64.1 Å². The average molecular weight is 713 g/mol. The highest BCUT2D eigenvalue weighted by atomic mass is 16.1. The quantitative estimate of drug-likeness (QED) is 0.207. The van der Waals surface area contributed by atoms with Crippen LogP contribution in [0.5, 0.6) is 0 Å². The second kappa shape index (κ2) is 32.2. The number of carbonyl (C=O) groups excluding carboxylic acids is 4.